The number of aromatic nitrogens is 4. The molecule has 126 valence electrons. The molecule has 1 aliphatic heterocycles. The van der Waals surface area contributed by atoms with Crippen LogP contribution in [0.1, 0.15) is 20.9 Å². The highest BCUT2D eigenvalue weighted by Gasteiger charge is 2.27. The highest BCUT2D eigenvalue weighted by Crippen LogP contribution is 2.37. The molecule has 3 aromatic rings. The van der Waals surface area contributed by atoms with E-state index in [4.69, 9.17) is 4.74 Å². The van der Waals surface area contributed by atoms with Crippen molar-refractivity contribution in [2.24, 2.45) is 0 Å². The number of carbonyl (C=O) groups excluding carboxylic acids is 1. The number of fused-ring (bicyclic) bond motifs is 1. The van der Waals surface area contributed by atoms with Crippen molar-refractivity contribution in [1.82, 2.24) is 24.9 Å². The highest BCUT2D eigenvalue weighted by molar-refractivity contribution is 7.07. The molecular weight excluding hydrogens is 338 g/mol. The van der Waals surface area contributed by atoms with Crippen molar-refractivity contribution in [3.63, 3.8) is 0 Å². The Bertz CT molecular complexity index is 912. The normalized spacial score (nSPS) is 15.5. The third-order valence-corrected chi connectivity index (χ3v) is 4.81. The molecule has 1 aliphatic rings. The molecular formula is C17H15N5O2S. The minimum absolute atomic E-state index is 0.120. The number of benzene rings is 1. The summed E-state index contributed by atoms with van der Waals surface area (Å²) in [5, 5.41) is 6.75. The van der Waals surface area contributed by atoms with Gasteiger partial charge >= 0.3 is 0 Å². The number of nitrogens with one attached hydrogen (secondary N) is 1. The summed E-state index contributed by atoms with van der Waals surface area (Å²) in [5.74, 6) is 1.26. The van der Waals surface area contributed by atoms with E-state index in [0.29, 0.717) is 22.9 Å². The zero-order valence-corrected chi connectivity index (χ0v) is 14.3. The van der Waals surface area contributed by atoms with Crippen molar-refractivity contribution >= 4 is 17.4 Å². The first-order valence-corrected chi connectivity index (χ1v) is 8.63. The van der Waals surface area contributed by atoms with E-state index in [2.05, 4.69) is 24.9 Å². The summed E-state index contributed by atoms with van der Waals surface area (Å²) < 4.78 is 9.85. The van der Waals surface area contributed by atoms with Crippen LogP contribution in [0, 0.1) is 6.92 Å². The first-order valence-electron chi connectivity index (χ1n) is 7.85. The number of carbonyl (C=O) groups is 1. The molecule has 7 nitrogen and oxygen atoms in total. The Hall–Kier alpha value is -2.87. The second-order valence-electron chi connectivity index (χ2n) is 5.71. The van der Waals surface area contributed by atoms with E-state index in [9.17, 15) is 4.79 Å². The van der Waals surface area contributed by atoms with E-state index in [1.807, 2.05) is 18.2 Å². The number of ether oxygens (including phenoxy) is 1. The van der Waals surface area contributed by atoms with E-state index in [1.54, 1.807) is 25.4 Å². The number of amides is 1. The van der Waals surface area contributed by atoms with Gasteiger partial charge in [-0.05, 0) is 36.2 Å². The largest absolute Gasteiger partial charge is 0.487 e. The third-order valence-electron chi connectivity index (χ3n) is 3.98. The van der Waals surface area contributed by atoms with Gasteiger partial charge in [0.2, 0.25) is 0 Å². The third kappa shape index (κ3) is 3.08. The fourth-order valence-electron chi connectivity index (χ4n) is 2.79. The van der Waals surface area contributed by atoms with Crippen LogP contribution in [-0.2, 0) is 6.42 Å². The fraction of sp³-hybridized carbons (Fsp3) is 0.235. The van der Waals surface area contributed by atoms with Crippen LogP contribution in [-0.4, -0.2) is 38.1 Å². The Morgan fingerprint density at radius 3 is 2.92 bits per heavy atom. The van der Waals surface area contributed by atoms with Crippen LogP contribution < -0.4 is 10.1 Å². The highest BCUT2D eigenvalue weighted by atomic mass is 32.1. The van der Waals surface area contributed by atoms with Gasteiger partial charge in [-0.1, -0.05) is 16.6 Å². The van der Waals surface area contributed by atoms with Crippen molar-refractivity contribution < 1.29 is 9.53 Å². The summed E-state index contributed by atoms with van der Waals surface area (Å²) >= 11 is 1.10. The minimum Gasteiger partial charge on any atom is -0.487 e. The number of aryl methyl sites for hydroxylation is 1. The van der Waals surface area contributed by atoms with Gasteiger partial charge in [-0.3, -0.25) is 4.79 Å². The van der Waals surface area contributed by atoms with Gasteiger partial charge in [0, 0.05) is 18.8 Å². The Morgan fingerprint density at radius 2 is 2.16 bits per heavy atom. The molecule has 0 spiro atoms. The standard InChI is InChI=1S/C17H15N5O2S/c1-10-15(25-22-21-10)17(23)20-9-12-8-11-4-2-5-13(14(11)24-12)16-18-6-3-7-19-16/h2-7,12H,8-9H2,1H3,(H,20,23). The van der Waals surface area contributed by atoms with Crippen LogP contribution in [0.4, 0.5) is 0 Å². The zero-order chi connectivity index (χ0) is 17.2. The van der Waals surface area contributed by atoms with Crippen LogP contribution in [0.25, 0.3) is 11.4 Å². The molecule has 1 aromatic carbocycles. The van der Waals surface area contributed by atoms with Gasteiger partial charge in [0.05, 0.1) is 17.8 Å². The maximum Gasteiger partial charge on any atom is 0.265 e. The monoisotopic (exact) mass is 353 g/mol. The number of rotatable bonds is 4. The minimum atomic E-state index is -0.168. The molecule has 1 unspecified atom stereocenters. The van der Waals surface area contributed by atoms with Crippen molar-refractivity contribution in [1.29, 1.82) is 0 Å². The lowest BCUT2D eigenvalue weighted by Gasteiger charge is -2.12. The molecule has 0 fully saturated rings. The Morgan fingerprint density at radius 1 is 1.32 bits per heavy atom. The quantitative estimate of drug-likeness (QED) is 0.772. The number of para-hydroxylation sites is 1. The fourth-order valence-corrected chi connectivity index (χ4v) is 3.37. The summed E-state index contributed by atoms with van der Waals surface area (Å²) in [7, 11) is 0. The molecule has 0 bridgehead atoms. The lowest BCUT2D eigenvalue weighted by atomic mass is 10.1. The van der Waals surface area contributed by atoms with Gasteiger partial charge in [-0.25, -0.2) is 9.97 Å². The summed E-state index contributed by atoms with van der Waals surface area (Å²) in [5.41, 5.74) is 2.61. The lowest BCUT2D eigenvalue weighted by Crippen LogP contribution is -2.34. The van der Waals surface area contributed by atoms with Gasteiger partial charge in [-0.15, -0.1) is 5.10 Å². The van der Waals surface area contributed by atoms with E-state index < -0.39 is 0 Å². The summed E-state index contributed by atoms with van der Waals surface area (Å²) in [6.07, 6.45) is 4.03. The molecule has 8 heteroatoms. The van der Waals surface area contributed by atoms with Gasteiger partial charge in [0.1, 0.15) is 16.7 Å². The smallest absolute Gasteiger partial charge is 0.265 e. The molecule has 1 amide bonds. The Labute approximate surface area is 148 Å². The number of hydrogen-bond acceptors (Lipinski definition) is 7. The molecule has 2 aromatic heterocycles. The zero-order valence-electron chi connectivity index (χ0n) is 13.5. The number of hydrogen-bond donors (Lipinski definition) is 1. The maximum atomic E-state index is 12.2. The van der Waals surface area contributed by atoms with Crippen molar-refractivity contribution in [3.8, 4) is 17.1 Å². The van der Waals surface area contributed by atoms with Crippen LogP contribution in [0.5, 0.6) is 5.75 Å². The van der Waals surface area contributed by atoms with Crippen LogP contribution in [0.2, 0.25) is 0 Å². The van der Waals surface area contributed by atoms with Gasteiger partial charge in [0.15, 0.2) is 5.82 Å². The molecule has 0 aliphatic carbocycles. The van der Waals surface area contributed by atoms with Crippen molar-refractivity contribution in [2.45, 2.75) is 19.4 Å². The average molecular weight is 353 g/mol. The van der Waals surface area contributed by atoms with E-state index in [-0.39, 0.29) is 12.0 Å². The lowest BCUT2D eigenvalue weighted by molar-refractivity contribution is 0.0937. The SMILES string of the molecule is Cc1nnsc1C(=O)NCC1Cc2cccc(-c3ncccn3)c2O1. The van der Waals surface area contributed by atoms with Crippen molar-refractivity contribution in [3.05, 3.63) is 52.8 Å². The molecule has 1 N–H and O–H groups in total. The summed E-state index contributed by atoms with van der Waals surface area (Å²) in [6.45, 7) is 2.19. The summed E-state index contributed by atoms with van der Waals surface area (Å²) in [6, 6.07) is 7.73. The maximum absolute atomic E-state index is 12.2. The van der Waals surface area contributed by atoms with E-state index in [0.717, 1.165) is 34.8 Å². The first-order chi connectivity index (χ1) is 12.2. The summed E-state index contributed by atoms with van der Waals surface area (Å²) in [4.78, 5) is 21.3. The molecule has 25 heavy (non-hydrogen) atoms. The van der Waals surface area contributed by atoms with E-state index in [1.165, 1.54) is 0 Å². The Kier molecular flexibility index (Phi) is 4.10. The molecule has 4 rings (SSSR count). The molecule has 1 atom stereocenters. The first kappa shape index (κ1) is 15.6. The topological polar surface area (TPSA) is 89.9 Å². The Balaban J connectivity index is 1.47. The van der Waals surface area contributed by atoms with Gasteiger partial charge in [0.25, 0.3) is 5.91 Å². The molecule has 3 heterocycles. The number of nitrogens with zero attached hydrogens (tertiary/aromatic N) is 4. The molecule has 0 saturated heterocycles. The molecule has 0 radical (unpaired) electrons. The average Bonchev–Trinajstić information content (AvgIpc) is 3.25. The predicted molar refractivity (Wildman–Crippen MR) is 92.6 cm³/mol. The predicted octanol–water partition coefficient (Wildman–Crippen LogP) is 2.04. The van der Waals surface area contributed by atoms with Crippen LogP contribution in [0.15, 0.2) is 36.7 Å². The van der Waals surface area contributed by atoms with Crippen molar-refractivity contribution in [2.75, 3.05) is 6.54 Å². The van der Waals surface area contributed by atoms with Gasteiger partial charge in [-0.2, -0.15) is 0 Å². The second-order valence-corrected chi connectivity index (χ2v) is 6.46. The van der Waals surface area contributed by atoms with Gasteiger partial charge < -0.3 is 10.1 Å². The second kappa shape index (κ2) is 6.56. The van der Waals surface area contributed by atoms with Crippen LogP contribution >= 0.6 is 11.5 Å². The molecule has 0 saturated carbocycles. The van der Waals surface area contributed by atoms with Crippen LogP contribution in [0.3, 0.4) is 0 Å². The van der Waals surface area contributed by atoms with E-state index >= 15 is 0 Å².